The van der Waals surface area contributed by atoms with E-state index in [9.17, 15) is 9.59 Å². The fourth-order valence-electron chi connectivity index (χ4n) is 2.48. The molecule has 2 amide bonds. The fourth-order valence-corrected chi connectivity index (χ4v) is 2.48. The number of piperazine rings is 1. The predicted molar refractivity (Wildman–Crippen MR) is 62.4 cm³/mol. The van der Waals surface area contributed by atoms with E-state index < -0.39 is 11.6 Å². The van der Waals surface area contributed by atoms with E-state index in [2.05, 4.69) is 5.32 Å². The van der Waals surface area contributed by atoms with E-state index in [1.165, 1.54) is 0 Å². The molecule has 3 atom stereocenters. The number of hydrogen-bond donors (Lipinski definition) is 1. The molecule has 2 rings (SSSR count). The Bertz CT molecular complexity index is 339. The third-order valence-corrected chi connectivity index (χ3v) is 3.91. The Balaban J connectivity index is 2.27. The maximum absolute atomic E-state index is 12.5. The Labute approximate surface area is 101 Å². The maximum atomic E-state index is 12.5. The predicted octanol–water partition coefficient (Wildman–Crippen LogP) is 0.291. The molecule has 0 aromatic carbocycles. The molecule has 2 heterocycles. The van der Waals surface area contributed by atoms with Crippen molar-refractivity contribution in [2.75, 3.05) is 13.2 Å². The molecule has 2 aliphatic heterocycles. The van der Waals surface area contributed by atoms with Crippen LogP contribution in [0.3, 0.4) is 0 Å². The zero-order chi connectivity index (χ0) is 12.6. The van der Waals surface area contributed by atoms with Crippen LogP contribution in [0.25, 0.3) is 0 Å². The lowest BCUT2D eigenvalue weighted by Crippen LogP contribution is -2.70. The molecule has 0 radical (unpaired) electrons. The van der Waals surface area contributed by atoms with Gasteiger partial charge in [0, 0.05) is 6.61 Å². The van der Waals surface area contributed by atoms with E-state index in [-0.39, 0.29) is 17.9 Å². The zero-order valence-electron chi connectivity index (χ0n) is 10.7. The Morgan fingerprint density at radius 3 is 2.76 bits per heavy atom. The molecule has 2 saturated heterocycles. The van der Waals surface area contributed by atoms with Crippen molar-refractivity contribution < 1.29 is 14.3 Å². The molecule has 0 saturated carbocycles. The summed E-state index contributed by atoms with van der Waals surface area (Å²) in [5, 5.41) is 2.82. The summed E-state index contributed by atoms with van der Waals surface area (Å²) in [6, 6.07) is -0.344. The van der Waals surface area contributed by atoms with Crippen molar-refractivity contribution in [3.63, 3.8) is 0 Å². The minimum atomic E-state index is -0.758. The first-order chi connectivity index (χ1) is 7.99. The number of nitrogens with one attached hydrogen (secondary N) is 1. The largest absolute Gasteiger partial charge is 0.379 e. The molecule has 3 unspecified atom stereocenters. The molecule has 5 nitrogen and oxygen atoms in total. The first kappa shape index (κ1) is 12.4. The third-order valence-electron chi connectivity index (χ3n) is 3.91. The quantitative estimate of drug-likeness (QED) is 0.755. The average molecular weight is 240 g/mol. The molecule has 2 fully saturated rings. The van der Waals surface area contributed by atoms with Crippen molar-refractivity contribution >= 4 is 11.8 Å². The molecule has 17 heavy (non-hydrogen) atoms. The van der Waals surface area contributed by atoms with E-state index in [4.69, 9.17) is 4.74 Å². The van der Waals surface area contributed by atoms with Crippen LogP contribution in [0.15, 0.2) is 0 Å². The van der Waals surface area contributed by atoms with Crippen LogP contribution in [-0.2, 0) is 14.3 Å². The summed E-state index contributed by atoms with van der Waals surface area (Å²) in [6.07, 6.45) is 1.43. The zero-order valence-corrected chi connectivity index (χ0v) is 10.7. The lowest BCUT2D eigenvalue weighted by atomic mass is 9.91. The number of ether oxygens (including phenoxy) is 1. The highest BCUT2D eigenvalue weighted by atomic mass is 16.5. The normalized spacial score (nSPS) is 38.4. The molecule has 0 aromatic rings. The molecule has 0 aliphatic carbocycles. The van der Waals surface area contributed by atoms with E-state index >= 15 is 0 Å². The van der Waals surface area contributed by atoms with Crippen molar-refractivity contribution in [3.8, 4) is 0 Å². The highest BCUT2D eigenvalue weighted by molar-refractivity contribution is 5.99. The number of hydrogen-bond acceptors (Lipinski definition) is 3. The van der Waals surface area contributed by atoms with Gasteiger partial charge in [-0.1, -0.05) is 6.92 Å². The van der Waals surface area contributed by atoms with Crippen LogP contribution in [0.2, 0.25) is 0 Å². The Kier molecular flexibility index (Phi) is 3.12. The van der Waals surface area contributed by atoms with Crippen LogP contribution in [0.4, 0.5) is 0 Å². The van der Waals surface area contributed by atoms with Crippen LogP contribution >= 0.6 is 0 Å². The van der Waals surface area contributed by atoms with Crippen LogP contribution in [0, 0.1) is 0 Å². The highest BCUT2D eigenvalue weighted by Crippen LogP contribution is 2.26. The third kappa shape index (κ3) is 1.92. The lowest BCUT2D eigenvalue weighted by Gasteiger charge is -2.45. The molecule has 1 N–H and O–H groups in total. The van der Waals surface area contributed by atoms with Crippen molar-refractivity contribution in [2.24, 2.45) is 0 Å². The summed E-state index contributed by atoms with van der Waals surface area (Å²) < 4.78 is 5.32. The van der Waals surface area contributed by atoms with Crippen LogP contribution < -0.4 is 5.32 Å². The van der Waals surface area contributed by atoms with Crippen LogP contribution in [-0.4, -0.2) is 47.6 Å². The van der Waals surface area contributed by atoms with Gasteiger partial charge in [0.25, 0.3) is 0 Å². The van der Waals surface area contributed by atoms with Gasteiger partial charge in [0.2, 0.25) is 11.8 Å². The topological polar surface area (TPSA) is 58.6 Å². The minimum Gasteiger partial charge on any atom is -0.379 e. The van der Waals surface area contributed by atoms with E-state index in [0.717, 1.165) is 6.42 Å². The maximum Gasteiger partial charge on any atom is 0.249 e. The first-order valence-corrected chi connectivity index (χ1v) is 6.22. The second-order valence-electron chi connectivity index (χ2n) is 5.08. The number of carbonyl (C=O) groups excluding carboxylic acids is 2. The second-order valence-corrected chi connectivity index (χ2v) is 5.08. The first-order valence-electron chi connectivity index (χ1n) is 6.22. The molecular formula is C12H20N2O3. The summed E-state index contributed by atoms with van der Waals surface area (Å²) >= 11 is 0. The summed E-state index contributed by atoms with van der Waals surface area (Å²) in [5.41, 5.74) is -0.758. The Morgan fingerprint density at radius 2 is 2.24 bits per heavy atom. The molecular weight excluding hydrogens is 220 g/mol. The minimum absolute atomic E-state index is 0.0163. The Hall–Kier alpha value is -1.10. The van der Waals surface area contributed by atoms with Gasteiger partial charge in [-0.05, 0) is 26.7 Å². The van der Waals surface area contributed by atoms with Gasteiger partial charge in [-0.3, -0.25) is 9.59 Å². The van der Waals surface area contributed by atoms with Crippen molar-refractivity contribution in [1.82, 2.24) is 10.2 Å². The van der Waals surface area contributed by atoms with Crippen LogP contribution in [0.1, 0.15) is 33.6 Å². The Morgan fingerprint density at radius 1 is 1.53 bits per heavy atom. The standard InChI is InChI=1S/C12H20N2O3/c1-4-12(3)11(16)14(8(2)10(15)13-12)9-5-6-17-7-9/h8-9H,4-7H2,1-3H3,(H,13,15). The van der Waals surface area contributed by atoms with Gasteiger partial charge in [0.05, 0.1) is 12.6 Å². The fraction of sp³-hybridized carbons (Fsp3) is 0.833. The lowest BCUT2D eigenvalue weighted by molar-refractivity contribution is -0.156. The molecule has 0 bridgehead atoms. The van der Waals surface area contributed by atoms with Gasteiger partial charge in [-0.2, -0.15) is 0 Å². The number of amides is 2. The average Bonchev–Trinajstić information content (AvgIpc) is 2.80. The van der Waals surface area contributed by atoms with Gasteiger partial charge >= 0.3 is 0 Å². The molecule has 0 spiro atoms. The molecule has 0 aromatic heterocycles. The summed E-state index contributed by atoms with van der Waals surface area (Å²) in [7, 11) is 0. The van der Waals surface area contributed by atoms with Crippen molar-refractivity contribution in [2.45, 2.75) is 51.2 Å². The number of rotatable bonds is 2. The molecule has 5 heteroatoms. The van der Waals surface area contributed by atoms with Gasteiger partial charge < -0.3 is 15.0 Å². The van der Waals surface area contributed by atoms with Gasteiger partial charge in [-0.25, -0.2) is 0 Å². The smallest absolute Gasteiger partial charge is 0.249 e. The van der Waals surface area contributed by atoms with E-state index in [1.807, 2.05) is 6.92 Å². The number of carbonyl (C=O) groups is 2. The summed E-state index contributed by atoms with van der Waals surface area (Å²) in [4.78, 5) is 26.1. The SMILES string of the molecule is CCC1(C)NC(=O)C(C)N(C2CCOC2)C1=O. The molecule has 96 valence electrons. The van der Waals surface area contributed by atoms with Gasteiger partial charge in [-0.15, -0.1) is 0 Å². The van der Waals surface area contributed by atoms with Crippen molar-refractivity contribution in [1.29, 1.82) is 0 Å². The molecule has 2 aliphatic rings. The van der Waals surface area contributed by atoms with Gasteiger partial charge in [0.1, 0.15) is 11.6 Å². The number of nitrogens with zero attached hydrogens (tertiary/aromatic N) is 1. The van der Waals surface area contributed by atoms with E-state index in [1.54, 1.807) is 18.7 Å². The monoisotopic (exact) mass is 240 g/mol. The van der Waals surface area contributed by atoms with Gasteiger partial charge in [0.15, 0.2) is 0 Å². The summed E-state index contributed by atoms with van der Waals surface area (Å²) in [5.74, 6) is -0.0524. The van der Waals surface area contributed by atoms with Crippen molar-refractivity contribution in [3.05, 3.63) is 0 Å². The highest BCUT2D eigenvalue weighted by Gasteiger charge is 2.48. The van der Waals surface area contributed by atoms with E-state index in [0.29, 0.717) is 19.6 Å². The van der Waals surface area contributed by atoms with Crippen LogP contribution in [0.5, 0.6) is 0 Å². The second kappa shape index (κ2) is 4.29. The summed E-state index contributed by atoms with van der Waals surface area (Å²) in [6.45, 7) is 6.70.